The zero-order valence-electron chi connectivity index (χ0n) is 15.7. The van der Waals surface area contributed by atoms with E-state index in [-0.39, 0.29) is 5.54 Å². The minimum absolute atomic E-state index is 0.289. The number of aryl methyl sites for hydroxylation is 1. The largest absolute Gasteiger partial charge is 0.368 e. The predicted octanol–water partition coefficient (Wildman–Crippen LogP) is 4.04. The number of pyridine rings is 1. The second kappa shape index (κ2) is 7.74. The number of anilines is 1. The van der Waals surface area contributed by atoms with E-state index in [1.165, 1.54) is 64.5 Å². The maximum atomic E-state index is 5.29. The number of aromatic nitrogens is 3. The fourth-order valence-electron chi connectivity index (χ4n) is 4.51. The fourth-order valence-corrected chi connectivity index (χ4v) is 4.51. The molecule has 3 heterocycles. The molecule has 2 aromatic rings. The number of likely N-dealkylation sites (tertiary alicyclic amines) is 1. The molecule has 0 amide bonds. The Bertz CT molecular complexity index is 716. The first kappa shape index (κ1) is 17.5. The summed E-state index contributed by atoms with van der Waals surface area (Å²) in [5, 5.41) is 7.51. The first-order valence-corrected chi connectivity index (χ1v) is 10.0. The molecular formula is C20H29N5O. The molecule has 2 aromatic heterocycles. The summed E-state index contributed by atoms with van der Waals surface area (Å²) in [5.41, 5.74) is 1.20. The molecule has 4 rings (SSSR count). The molecule has 0 aromatic carbocycles. The Kier molecular flexibility index (Phi) is 5.20. The minimum Gasteiger partial charge on any atom is -0.368 e. The third kappa shape index (κ3) is 3.75. The van der Waals surface area contributed by atoms with Gasteiger partial charge in [-0.1, -0.05) is 30.8 Å². The maximum absolute atomic E-state index is 5.29. The van der Waals surface area contributed by atoms with Gasteiger partial charge in [0.05, 0.1) is 0 Å². The highest BCUT2D eigenvalue weighted by atomic mass is 16.5. The van der Waals surface area contributed by atoms with Crippen LogP contribution in [-0.4, -0.2) is 45.2 Å². The van der Waals surface area contributed by atoms with Crippen LogP contribution in [0, 0.1) is 6.92 Å². The van der Waals surface area contributed by atoms with Gasteiger partial charge in [0.15, 0.2) is 5.82 Å². The highest BCUT2D eigenvalue weighted by molar-refractivity contribution is 5.57. The Labute approximate surface area is 155 Å². The van der Waals surface area contributed by atoms with Gasteiger partial charge in [-0.05, 0) is 57.8 Å². The van der Waals surface area contributed by atoms with Crippen molar-refractivity contribution in [3.05, 3.63) is 24.2 Å². The standard InChI is InChI=1S/C20H29N5O/c1-16-23-19(26-24-16)17-8-11-21-18(14-17)22-15-20(9-4-2-5-10-20)25-12-6-3-7-13-25/h8,11,14H,2-7,9-10,12-13,15H2,1H3,(H,21,22). The highest BCUT2D eigenvalue weighted by Gasteiger charge is 2.38. The summed E-state index contributed by atoms with van der Waals surface area (Å²) >= 11 is 0. The summed E-state index contributed by atoms with van der Waals surface area (Å²) in [7, 11) is 0. The van der Waals surface area contributed by atoms with Gasteiger partial charge in [-0.2, -0.15) is 4.98 Å². The molecule has 0 unspecified atom stereocenters. The average molecular weight is 355 g/mol. The summed E-state index contributed by atoms with van der Waals surface area (Å²) in [6, 6.07) is 3.93. The summed E-state index contributed by atoms with van der Waals surface area (Å²) < 4.78 is 5.29. The van der Waals surface area contributed by atoms with E-state index in [4.69, 9.17) is 4.52 Å². The van der Waals surface area contributed by atoms with Crippen molar-refractivity contribution in [3.63, 3.8) is 0 Å². The molecule has 140 valence electrons. The molecule has 6 nitrogen and oxygen atoms in total. The van der Waals surface area contributed by atoms with E-state index < -0.39 is 0 Å². The van der Waals surface area contributed by atoms with E-state index in [1.54, 1.807) is 0 Å². The van der Waals surface area contributed by atoms with Gasteiger partial charge in [-0.3, -0.25) is 4.90 Å². The van der Waals surface area contributed by atoms with Gasteiger partial charge in [0, 0.05) is 23.8 Å². The van der Waals surface area contributed by atoms with Gasteiger partial charge in [-0.15, -0.1) is 0 Å². The Morgan fingerprint density at radius 1 is 1.12 bits per heavy atom. The monoisotopic (exact) mass is 355 g/mol. The summed E-state index contributed by atoms with van der Waals surface area (Å²) in [5.74, 6) is 2.09. The van der Waals surface area contributed by atoms with Gasteiger partial charge in [0.2, 0.25) is 0 Å². The van der Waals surface area contributed by atoms with Crippen molar-refractivity contribution in [2.24, 2.45) is 0 Å². The van der Waals surface area contributed by atoms with Crippen molar-refractivity contribution >= 4 is 5.82 Å². The fraction of sp³-hybridized carbons (Fsp3) is 0.650. The van der Waals surface area contributed by atoms with E-state index in [0.717, 1.165) is 17.9 Å². The van der Waals surface area contributed by atoms with Gasteiger partial charge in [0.1, 0.15) is 5.82 Å². The van der Waals surface area contributed by atoms with Crippen LogP contribution < -0.4 is 5.32 Å². The minimum atomic E-state index is 0.289. The molecule has 1 aliphatic carbocycles. The predicted molar refractivity (Wildman–Crippen MR) is 102 cm³/mol. The van der Waals surface area contributed by atoms with Gasteiger partial charge < -0.3 is 9.84 Å². The molecule has 1 saturated heterocycles. The van der Waals surface area contributed by atoms with Crippen LogP contribution in [-0.2, 0) is 0 Å². The summed E-state index contributed by atoms with van der Waals surface area (Å²) in [6.07, 6.45) is 12.5. The SMILES string of the molecule is Cc1noc(-c2ccnc(NCC3(N4CCCCC4)CCCCC3)c2)n1. The van der Waals surface area contributed by atoms with Crippen molar-refractivity contribution in [2.45, 2.75) is 63.8 Å². The maximum Gasteiger partial charge on any atom is 0.258 e. The third-order valence-electron chi connectivity index (χ3n) is 5.94. The first-order valence-electron chi connectivity index (χ1n) is 10.0. The molecule has 1 saturated carbocycles. The second-order valence-corrected chi connectivity index (χ2v) is 7.76. The number of piperidine rings is 1. The van der Waals surface area contributed by atoms with Crippen molar-refractivity contribution in [2.75, 3.05) is 25.0 Å². The molecule has 26 heavy (non-hydrogen) atoms. The van der Waals surface area contributed by atoms with Crippen LogP contribution in [0.3, 0.4) is 0 Å². The molecule has 1 aliphatic heterocycles. The Morgan fingerprint density at radius 3 is 2.62 bits per heavy atom. The molecule has 0 bridgehead atoms. The van der Waals surface area contributed by atoms with Crippen molar-refractivity contribution in [3.8, 4) is 11.5 Å². The lowest BCUT2D eigenvalue weighted by Gasteiger charge is -2.48. The van der Waals surface area contributed by atoms with Gasteiger partial charge in [0.25, 0.3) is 5.89 Å². The lowest BCUT2D eigenvalue weighted by atomic mass is 9.79. The molecule has 0 atom stereocenters. The number of nitrogens with one attached hydrogen (secondary N) is 1. The number of rotatable bonds is 5. The molecule has 6 heteroatoms. The van der Waals surface area contributed by atoms with Crippen molar-refractivity contribution in [1.82, 2.24) is 20.0 Å². The van der Waals surface area contributed by atoms with E-state index in [2.05, 4.69) is 25.3 Å². The average Bonchev–Trinajstić information content (AvgIpc) is 3.15. The lowest BCUT2D eigenvalue weighted by molar-refractivity contribution is 0.0437. The summed E-state index contributed by atoms with van der Waals surface area (Å²) in [6.45, 7) is 5.29. The molecule has 1 N–H and O–H groups in total. The normalized spacial score (nSPS) is 20.8. The van der Waals surface area contributed by atoms with E-state index in [1.807, 2.05) is 25.3 Å². The topological polar surface area (TPSA) is 67.1 Å². The molecule has 0 radical (unpaired) electrons. The van der Waals surface area contributed by atoms with Crippen molar-refractivity contribution in [1.29, 1.82) is 0 Å². The van der Waals surface area contributed by atoms with Crippen LogP contribution in [0.4, 0.5) is 5.82 Å². The zero-order valence-corrected chi connectivity index (χ0v) is 15.7. The van der Waals surface area contributed by atoms with Crippen LogP contribution in [0.2, 0.25) is 0 Å². The number of hydrogen-bond acceptors (Lipinski definition) is 6. The lowest BCUT2D eigenvalue weighted by Crippen LogP contribution is -2.56. The Morgan fingerprint density at radius 2 is 1.88 bits per heavy atom. The zero-order chi connectivity index (χ0) is 17.8. The van der Waals surface area contributed by atoms with Gasteiger partial charge in [-0.25, -0.2) is 4.98 Å². The molecule has 2 aliphatic rings. The van der Waals surface area contributed by atoms with Gasteiger partial charge >= 0.3 is 0 Å². The quantitative estimate of drug-likeness (QED) is 0.873. The molecular weight excluding hydrogens is 326 g/mol. The third-order valence-corrected chi connectivity index (χ3v) is 5.94. The number of hydrogen-bond donors (Lipinski definition) is 1. The smallest absolute Gasteiger partial charge is 0.258 e. The van der Waals surface area contributed by atoms with Crippen LogP contribution in [0.5, 0.6) is 0 Å². The summed E-state index contributed by atoms with van der Waals surface area (Å²) in [4.78, 5) is 11.6. The van der Waals surface area contributed by atoms with Crippen molar-refractivity contribution < 1.29 is 4.52 Å². The second-order valence-electron chi connectivity index (χ2n) is 7.76. The van der Waals surface area contributed by atoms with Crippen LogP contribution in [0.25, 0.3) is 11.5 Å². The van der Waals surface area contributed by atoms with E-state index >= 15 is 0 Å². The van der Waals surface area contributed by atoms with Crippen LogP contribution >= 0.6 is 0 Å². The van der Waals surface area contributed by atoms with E-state index in [9.17, 15) is 0 Å². The first-order chi connectivity index (χ1) is 12.8. The van der Waals surface area contributed by atoms with Crippen LogP contribution in [0.15, 0.2) is 22.9 Å². The van der Waals surface area contributed by atoms with E-state index in [0.29, 0.717) is 11.7 Å². The number of nitrogens with zero attached hydrogens (tertiary/aromatic N) is 4. The van der Waals surface area contributed by atoms with Crippen LogP contribution in [0.1, 0.15) is 57.2 Å². The Balaban J connectivity index is 1.49. The Hall–Kier alpha value is -1.95. The molecule has 2 fully saturated rings. The highest BCUT2D eigenvalue weighted by Crippen LogP contribution is 2.36. The molecule has 0 spiro atoms.